The van der Waals surface area contributed by atoms with Gasteiger partial charge in [0.25, 0.3) is 0 Å². The molecule has 1 heterocycles. The number of nitriles is 1. The van der Waals surface area contributed by atoms with Gasteiger partial charge in [-0.3, -0.25) is 4.79 Å². The van der Waals surface area contributed by atoms with Crippen LogP contribution in [0.4, 0.5) is 10.2 Å². The molecule has 2 rings (SSSR count). The summed E-state index contributed by atoms with van der Waals surface area (Å²) in [6.07, 6.45) is 1.48. The van der Waals surface area contributed by atoms with Crippen LogP contribution in [0.2, 0.25) is 0 Å². The molecule has 1 aromatic heterocycles. The Kier molecular flexibility index (Phi) is 5.64. The normalized spacial score (nSPS) is 9.96. The number of aromatic nitrogens is 1. The van der Waals surface area contributed by atoms with Crippen LogP contribution in [0.1, 0.15) is 18.1 Å². The number of carbonyl (C=O) groups excluding carboxylic acids is 1. The molecule has 23 heavy (non-hydrogen) atoms. The van der Waals surface area contributed by atoms with E-state index in [0.717, 1.165) is 5.56 Å². The Morgan fingerprint density at radius 1 is 1.30 bits per heavy atom. The van der Waals surface area contributed by atoms with E-state index in [1.54, 1.807) is 29.2 Å². The lowest BCUT2D eigenvalue weighted by molar-refractivity contribution is -0.119. The molecular weight excluding hydrogens is 295 g/mol. The van der Waals surface area contributed by atoms with Crippen molar-refractivity contribution in [1.29, 1.82) is 5.26 Å². The topological polar surface area (TPSA) is 69.0 Å². The quantitative estimate of drug-likeness (QED) is 0.888. The van der Waals surface area contributed by atoms with E-state index >= 15 is 0 Å². The molecule has 0 fully saturated rings. The number of amides is 1. The van der Waals surface area contributed by atoms with Gasteiger partial charge in [-0.1, -0.05) is 12.1 Å². The predicted octanol–water partition coefficient (Wildman–Crippen LogP) is 2.24. The molecule has 1 amide bonds. The summed E-state index contributed by atoms with van der Waals surface area (Å²) >= 11 is 0. The van der Waals surface area contributed by atoms with Gasteiger partial charge in [0.2, 0.25) is 5.91 Å². The summed E-state index contributed by atoms with van der Waals surface area (Å²) in [6.45, 7) is 3.05. The highest BCUT2D eigenvalue weighted by molar-refractivity contribution is 5.81. The zero-order valence-electron chi connectivity index (χ0n) is 12.8. The summed E-state index contributed by atoms with van der Waals surface area (Å²) in [4.78, 5) is 18.0. The number of hydrogen-bond donors (Lipinski definition) is 1. The van der Waals surface area contributed by atoms with Crippen molar-refractivity contribution in [3.63, 3.8) is 0 Å². The molecule has 0 bridgehead atoms. The summed E-state index contributed by atoms with van der Waals surface area (Å²) < 4.78 is 12.8. The predicted molar refractivity (Wildman–Crippen MR) is 85.1 cm³/mol. The number of nitrogens with one attached hydrogen (secondary N) is 1. The Balaban J connectivity index is 1.91. The third kappa shape index (κ3) is 4.78. The Morgan fingerprint density at radius 2 is 2.04 bits per heavy atom. The standard InChI is InChI=1S/C17H17FN4O/c1-2-22(16-8-5-14(9-19)11-20-16)12-17(23)21-10-13-3-6-15(18)7-4-13/h3-8,11H,2,10,12H2,1H3,(H,21,23). The molecule has 5 nitrogen and oxygen atoms in total. The van der Waals surface area contributed by atoms with Crippen LogP contribution in [0.15, 0.2) is 42.6 Å². The summed E-state index contributed by atoms with van der Waals surface area (Å²) in [5.74, 6) is 0.190. The van der Waals surface area contributed by atoms with Gasteiger partial charge in [0.1, 0.15) is 17.7 Å². The third-order valence-corrected chi connectivity index (χ3v) is 3.32. The first kappa shape index (κ1) is 16.4. The minimum Gasteiger partial charge on any atom is -0.350 e. The molecule has 1 aromatic carbocycles. The fourth-order valence-electron chi connectivity index (χ4n) is 2.03. The number of halogens is 1. The second kappa shape index (κ2) is 7.90. The smallest absolute Gasteiger partial charge is 0.239 e. The molecule has 118 valence electrons. The molecule has 0 atom stereocenters. The van der Waals surface area contributed by atoms with Crippen molar-refractivity contribution in [2.75, 3.05) is 18.0 Å². The first-order valence-electron chi connectivity index (χ1n) is 7.24. The summed E-state index contributed by atoms with van der Waals surface area (Å²) in [6, 6.07) is 11.4. The lowest BCUT2D eigenvalue weighted by atomic mass is 10.2. The number of benzene rings is 1. The number of nitrogens with zero attached hydrogens (tertiary/aromatic N) is 3. The number of pyridine rings is 1. The number of likely N-dealkylation sites (N-methyl/N-ethyl adjacent to an activating group) is 1. The van der Waals surface area contributed by atoms with Gasteiger partial charge in [0.15, 0.2) is 0 Å². The number of anilines is 1. The van der Waals surface area contributed by atoms with E-state index in [-0.39, 0.29) is 18.3 Å². The van der Waals surface area contributed by atoms with E-state index < -0.39 is 0 Å². The molecule has 2 aromatic rings. The highest BCUT2D eigenvalue weighted by atomic mass is 19.1. The molecule has 0 aliphatic carbocycles. The fourth-order valence-corrected chi connectivity index (χ4v) is 2.03. The molecule has 0 saturated carbocycles. The van der Waals surface area contributed by atoms with Crippen LogP contribution < -0.4 is 10.2 Å². The van der Waals surface area contributed by atoms with Crippen molar-refractivity contribution >= 4 is 11.7 Å². The Labute approximate surface area is 134 Å². The average molecular weight is 312 g/mol. The van der Waals surface area contributed by atoms with E-state index in [4.69, 9.17) is 5.26 Å². The van der Waals surface area contributed by atoms with Gasteiger partial charge in [-0.2, -0.15) is 5.26 Å². The average Bonchev–Trinajstić information content (AvgIpc) is 2.59. The van der Waals surface area contributed by atoms with E-state index in [0.29, 0.717) is 24.5 Å². The lowest BCUT2D eigenvalue weighted by Crippen LogP contribution is -2.37. The van der Waals surface area contributed by atoms with Gasteiger partial charge in [0, 0.05) is 19.3 Å². The van der Waals surface area contributed by atoms with Gasteiger partial charge < -0.3 is 10.2 Å². The largest absolute Gasteiger partial charge is 0.350 e. The Bertz CT molecular complexity index is 692. The number of hydrogen-bond acceptors (Lipinski definition) is 4. The molecular formula is C17H17FN4O. The van der Waals surface area contributed by atoms with Crippen LogP contribution in [0, 0.1) is 17.1 Å². The summed E-state index contributed by atoms with van der Waals surface area (Å²) in [5, 5.41) is 11.6. The van der Waals surface area contributed by atoms with E-state index in [1.165, 1.54) is 18.3 Å². The molecule has 0 aliphatic heterocycles. The van der Waals surface area contributed by atoms with Crippen LogP contribution in [-0.4, -0.2) is 24.0 Å². The fraction of sp³-hybridized carbons (Fsp3) is 0.235. The Morgan fingerprint density at radius 3 is 2.61 bits per heavy atom. The van der Waals surface area contributed by atoms with Crippen LogP contribution in [-0.2, 0) is 11.3 Å². The third-order valence-electron chi connectivity index (χ3n) is 3.32. The first-order chi connectivity index (χ1) is 11.1. The molecule has 0 saturated heterocycles. The SMILES string of the molecule is CCN(CC(=O)NCc1ccc(F)cc1)c1ccc(C#N)cn1. The monoisotopic (exact) mass is 312 g/mol. The second-order valence-corrected chi connectivity index (χ2v) is 4.93. The zero-order chi connectivity index (χ0) is 16.7. The molecule has 0 spiro atoms. The second-order valence-electron chi connectivity index (χ2n) is 4.93. The van der Waals surface area contributed by atoms with E-state index in [2.05, 4.69) is 10.3 Å². The van der Waals surface area contributed by atoms with Gasteiger partial charge >= 0.3 is 0 Å². The van der Waals surface area contributed by atoms with Crippen molar-refractivity contribution in [2.45, 2.75) is 13.5 Å². The minimum absolute atomic E-state index is 0.151. The van der Waals surface area contributed by atoms with Gasteiger partial charge in [0.05, 0.1) is 12.1 Å². The molecule has 0 radical (unpaired) electrons. The first-order valence-corrected chi connectivity index (χ1v) is 7.24. The molecule has 6 heteroatoms. The highest BCUT2D eigenvalue weighted by Gasteiger charge is 2.11. The van der Waals surface area contributed by atoms with Crippen LogP contribution in [0.25, 0.3) is 0 Å². The Hall–Kier alpha value is -2.94. The molecule has 0 aliphatic rings. The van der Waals surface area contributed by atoms with Gasteiger partial charge in [-0.15, -0.1) is 0 Å². The minimum atomic E-state index is -0.302. The van der Waals surface area contributed by atoms with Crippen LogP contribution in [0.3, 0.4) is 0 Å². The van der Waals surface area contributed by atoms with E-state index in [9.17, 15) is 9.18 Å². The van der Waals surface area contributed by atoms with Crippen molar-refractivity contribution in [1.82, 2.24) is 10.3 Å². The van der Waals surface area contributed by atoms with Gasteiger partial charge in [-0.25, -0.2) is 9.37 Å². The van der Waals surface area contributed by atoms with Crippen LogP contribution in [0.5, 0.6) is 0 Å². The van der Waals surface area contributed by atoms with Crippen LogP contribution >= 0.6 is 0 Å². The molecule has 0 unspecified atom stereocenters. The lowest BCUT2D eigenvalue weighted by Gasteiger charge is -2.21. The van der Waals surface area contributed by atoms with Crippen molar-refractivity contribution < 1.29 is 9.18 Å². The zero-order valence-corrected chi connectivity index (χ0v) is 12.8. The van der Waals surface area contributed by atoms with Crippen molar-refractivity contribution in [3.05, 3.63) is 59.5 Å². The summed E-state index contributed by atoms with van der Waals surface area (Å²) in [5.41, 5.74) is 1.31. The highest BCUT2D eigenvalue weighted by Crippen LogP contribution is 2.10. The van der Waals surface area contributed by atoms with Crippen molar-refractivity contribution in [3.8, 4) is 6.07 Å². The molecule has 1 N–H and O–H groups in total. The van der Waals surface area contributed by atoms with Gasteiger partial charge in [-0.05, 0) is 36.8 Å². The number of rotatable bonds is 6. The van der Waals surface area contributed by atoms with E-state index in [1.807, 2.05) is 13.0 Å². The maximum atomic E-state index is 12.8. The maximum Gasteiger partial charge on any atom is 0.239 e. The summed E-state index contributed by atoms with van der Waals surface area (Å²) in [7, 11) is 0. The number of carbonyl (C=O) groups is 1. The van der Waals surface area contributed by atoms with Crippen molar-refractivity contribution in [2.24, 2.45) is 0 Å². The maximum absolute atomic E-state index is 12.8.